The Balaban J connectivity index is 1.81. The monoisotopic (exact) mass is 574 g/mol. The summed E-state index contributed by atoms with van der Waals surface area (Å²) in [7, 11) is -0.373. The van der Waals surface area contributed by atoms with E-state index in [1.54, 1.807) is 0 Å². The van der Waals surface area contributed by atoms with Gasteiger partial charge in [0, 0.05) is 11.1 Å². The Bertz CT molecular complexity index is 1440. The highest BCUT2D eigenvalue weighted by Crippen LogP contribution is 2.50. The molecule has 0 aliphatic heterocycles. The van der Waals surface area contributed by atoms with Gasteiger partial charge in [0.05, 0.1) is 0 Å². The van der Waals surface area contributed by atoms with Crippen LogP contribution in [0.25, 0.3) is 11.1 Å². The predicted octanol–water partition coefficient (Wildman–Crippen LogP) is 10.4. The maximum absolute atomic E-state index is 6.53. The Morgan fingerprint density at radius 2 is 0.700 bits per heavy atom. The molecule has 0 saturated carbocycles. The fraction of sp³-hybridized carbons (Fsp3) is 0.294. The lowest BCUT2D eigenvalue weighted by atomic mass is 9.84. The van der Waals surface area contributed by atoms with E-state index >= 15 is 0 Å². The second kappa shape index (κ2) is 12.6. The Morgan fingerprint density at radius 3 is 1.05 bits per heavy atom. The second-order valence-electron chi connectivity index (χ2n) is 10.5. The Hall–Kier alpha value is -3.06. The molecule has 0 aromatic heterocycles. The molecule has 4 aromatic rings. The first-order valence-corrected chi connectivity index (χ1v) is 15.2. The van der Waals surface area contributed by atoms with Crippen LogP contribution in [0.2, 0.25) is 0 Å². The van der Waals surface area contributed by atoms with Crippen LogP contribution in [0, 0.1) is 69.2 Å². The van der Waals surface area contributed by atoms with Crippen molar-refractivity contribution in [2.75, 3.05) is 0 Å². The van der Waals surface area contributed by atoms with E-state index < -0.39 is 0 Å². The number of benzene rings is 4. The van der Waals surface area contributed by atoms with Crippen LogP contribution < -0.4 is 18.1 Å². The highest BCUT2D eigenvalue weighted by atomic mass is 31.1. The zero-order valence-electron chi connectivity index (χ0n) is 25.3. The maximum Gasteiger partial charge on any atom is 0.275 e. The van der Waals surface area contributed by atoms with Gasteiger partial charge < -0.3 is 18.1 Å². The third-order valence-electron chi connectivity index (χ3n) is 8.29. The van der Waals surface area contributed by atoms with Crippen molar-refractivity contribution in [1.82, 2.24) is 0 Å². The van der Waals surface area contributed by atoms with Gasteiger partial charge in [-0.3, -0.25) is 0 Å². The van der Waals surface area contributed by atoms with Crippen LogP contribution in [-0.4, -0.2) is 0 Å². The summed E-state index contributed by atoms with van der Waals surface area (Å²) in [5.74, 6) is 3.34. The molecular formula is C34H40O4P2. The highest BCUT2D eigenvalue weighted by molar-refractivity contribution is 7.27. The van der Waals surface area contributed by atoms with Gasteiger partial charge in [0.1, 0.15) is 23.0 Å². The Morgan fingerprint density at radius 1 is 0.375 bits per heavy atom. The Kier molecular flexibility index (Phi) is 9.44. The normalized spacial score (nSPS) is 11.6. The van der Waals surface area contributed by atoms with E-state index in [1.165, 1.54) is 33.4 Å². The largest absolute Gasteiger partial charge is 0.440 e. The van der Waals surface area contributed by atoms with Gasteiger partial charge in [-0.2, -0.15) is 0 Å². The summed E-state index contributed by atoms with van der Waals surface area (Å²) in [6.07, 6.45) is 0. The number of hydrogen-bond donors (Lipinski definition) is 0. The lowest BCUT2D eigenvalue weighted by Crippen LogP contribution is -2.05. The molecule has 0 bridgehead atoms. The van der Waals surface area contributed by atoms with Crippen LogP contribution >= 0.6 is 18.1 Å². The fourth-order valence-corrected chi connectivity index (χ4v) is 6.37. The molecule has 0 heterocycles. The smallest absolute Gasteiger partial charge is 0.275 e. The van der Waals surface area contributed by atoms with Crippen molar-refractivity contribution in [2.45, 2.75) is 69.2 Å². The van der Waals surface area contributed by atoms with Gasteiger partial charge in [0.2, 0.25) is 0 Å². The van der Waals surface area contributed by atoms with Gasteiger partial charge in [-0.1, -0.05) is 36.4 Å². The standard InChI is InChI=1S/C34H40O4P2/c1-19-15-11-13-17-29(19)35-39-37-33-27(9)23(5)21(3)25(7)31(33)32-26(8)22(4)24(6)28(10)34(32)38-40-36-30-18-14-12-16-20(30)2/h11-18,39-40H,1-10H3. The van der Waals surface area contributed by atoms with Crippen LogP contribution in [0.15, 0.2) is 48.5 Å². The van der Waals surface area contributed by atoms with Crippen molar-refractivity contribution in [3.8, 4) is 34.1 Å². The topological polar surface area (TPSA) is 36.9 Å². The van der Waals surface area contributed by atoms with Crippen LogP contribution in [0.3, 0.4) is 0 Å². The van der Waals surface area contributed by atoms with E-state index in [0.717, 1.165) is 56.4 Å². The van der Waals surface area contributed by atoms with E-state index in [-0.39, 0.29) is 18.1 Å². The third kappa shape index (κ3) is 5.85. The molecule has 0 radical (unpaired) electrons. The first kappa shape index (κ1) is 29.9. The van der Waals surface area contributed by atoms with Crippen molar-refractivity contribution in [3.63, 3.8) is 0 Å². The average molecular weight is 575 g/mol. The zero-order valence-corrected chi connectivity index (χ0v) is 27.3. The van der Waals surface area contributed by atoms with Crippen molar-refractivity contribution in [2.24, 2.45) is 0 Å². The van der Waals surface area contributed by atoms with Crippen LogP contribution in [-0.2, 0) is 0 Å². The molecule has 0 N–H and O–H groups in total. The second-order valence-corrected chi connectivity index (χ2v) is 11.7. The SMILES string of the molecule is Cc1ccccc1OPOc1c(C)c(C)c(C)c(C)c1-c1c(C)c(C)c(C)c(C)c1OPOc1ccccc1C. The molecular weight excluding hydrogens is 534 g/mol. The molecule has 0 aliphatic rings. The molecule has 0 saturated heterocycles. The molecule has 0 amide bonds. The van der Waals surface area contributed by atoms with Gasteiger partial charge >= 0.3 is 0 Å². The number of para-hydroxylation sites is 2. The minimum absolute atomic E-state index is 0.187. The summed E-state index contributed by atoms with van der Waals surface area (Å²) in [5, 5.41) is 0. The van der Waals surface area contributed by atoms with E-state index in [1.807, 2.05) is 62.4 Å². The molecule has 0 aliphatic carbocycles. The number of rotatable bonds is 9. The highest BCUT2D eigenvalue weighted by Gasteiger charge is 2.26. The summed E-state index contributed by atoms with van der Waals surface area (Å²) >= 11 is 0. The molecule has 4 aromatic carbocycles. The van der Waals surface area contributed by atoms with Gasteiger partial charge in [-0.15, -0.1) is 0 Å². The average Bonchev–Trinajstić information content (AvgIpc) is 2.94. The summed E-state index contributed by atoms with van der Waals surface area (Å²) in [4.78, 5) is 0. The van der Waals surface area contributed by atoms with Crippen molar-refractivity contribution in [1.29, 1.82) is 0 Å². The third-order valence-corrected chi connectivity index (χ3v) is 9.47. The minimum Gasteiger partial charge on any atom is -0.440 e. The number of aryl methyl sites for hydroxylation is 2. The molecule has 2 unspecified atom stereocenters. The minimum atomic E-state index is -0.187. The van der Waals surface area contributed by atoms with Crippen molar-refractivity contribution < 1.29 is 18.1 Å². The summed E-state index contributed by atoms with van der Waals surface area (Å²) < 4.78 is 25.3. The quantitative estimate of drug-likeness (QED) is 0.186. The van der Waals surface area contributed by atoms with Gasteiger partial charge in [-0.05, 0) is 137 Å². The molecule has 0 fully saturated rings. The molecule has 210 valence electrons. The Labute approximate surface area is 243 Å². The maximum atomic E-state index is 6.53. The summed E-state index contributed by atoms with van der Waals surface area (Å²) in [5.41, 5.74) is 13.8. The molecule has 4 rings (SSSR count). The molecule has 4 nitrogen and oxygen atoms in total. The van der Waals surface area contributed by atoms with Gasteiger partial charge in [0.15, 0.2) is 0 Å². The lowest BCUT2D eigenvalue weighted by Gasteiger charge is -2.26. The predicted molar refractivity (Wildman–Crippen MR) is 171 cm³/mol. The van der Waals surface area contributed by atoms with Crippen molar-refractivity contribution >= 4 is 18.1 Å². The molecule has 40 heavy (non-hydrogen) atoms. The van der Waals surface area contributed by atoms with Crippen molar-refractivity contribution in [3.05, 3.63) is 104 Å². The summed E-state index contributed by atoms with van der Waals surface area (Å²) in [6, 6.07) is 16.0. The van der Waals surface area contributed by atoms with E-state index in [4.69, 9.17) is 18.1 Å². The fourth-order valence-electron chi connectivity index (χ4n) is 4.97. The summed E-state index contributed by atoms with van der Waals surface area (Å²) in [6.45, 7) is 21.4. The van der Waals surface area contributed by atoms with E-state index in [0.29, 0.717) is 0 Å². The van der Waals surface area contributed by atoms with Crippen LogP contribution in [0.5, 0.6) is 23.0 Å². The van der Waals surface area contributed by atoms with E-state index in [9.17, 15) is 0 Å². The number of hydrogen-bond acceptors (Lipinski definition) is 4. The van der Waals surface area contributed by atoms with Gasteiger partial charge in [0.25, 0.3) is 18.1 Å². The first-order chi connectivity index (χ1) is 19.0. The van der Waals surface area contributed by atoms with E-state index in [2.05, 4.69) is 55.4 Å². The van der Waals surface area contributed by atoms with Gasteiger partial charge in [-0.25, -0.2) is 0 Å². The lowest BCUT2D eigenvalue weighted by molar-refractivity contribution is 0.507. The molecule has 2 atom stereocenters. The molecule has 0 spiro atoms. The first-order valence-electron chi connectivity index (χ1n) is 13.5. The molecule has 6 heteroatoms. The zero-order chi connectivity index (χ0) is 29.1. The van der Waals surface area contributed by atoms with Crippen LogP contribution in [0.1, 0.15) is 55.6 Å². The van der Waals surface area contributed by atoms with Crippen LogP contribution in [0.4, 0.5) is 0 Å².